The Bertz CT molecular complexity index is 1490. The normalized spacial score (nSPS) is 12.0. The minimum atomic E-state index is -2.31. The molecule has 2 aromatic heterocycles. The van der Waals surface area contributed by atoms with Gasteiger partial charge in [0.05, 0.1) is 0 Å². The molecule has 2 heterocycles. The molecule has 5 rings (SSSR count). The third-order valence-corrected chi connectivity index (χ3v) is 10.2. The van der Waals surface area contributed by atoms with E-state index in [1.807, 2.05) is 42.5 Å². The zero-order valence-corrected chi connectivity index (χ0v) is 17.2. The Kier molecular flexibility index (Phi) is 4.21. The van der Waals surface area contributed by atoms with Crippen molar-refractivity contribution in [2.24, 2.45) is 0 Å². The van der Waals surface area contributed by atoms with Gasteiger partial charge >= 0.3 is 170 Å². The maximum atomic E-state index is 12.9. The Hall–Kier alpha value is -2.64. The monoisotopic (exact) mass is 502 g/mol. The number of rotatable bonds is 2. The van der Waals surface area contributed by atoms with Crippen LogP contribution in [-0.2, 0) is 0 Å². The van der Waals surface area contributed by atoms with Gasteiger partial charge in [-0.1, -0.05) is 0 Å². The Labute approximate surface area is 169 Å². The summed E-state index contributed by atoms with van der Waals surface area (Å²) in [5.74, 6) is 0. The fourth-order valence-electron chi connectivity index (χ4n) is 3.14. The third kappa shape index (κ3) is 2.91. The second kappa shape index (κ2) is 6.76. The number of hydrogen-bond donors (Lipinski definition) is 0. The van der Waals surface area contributed by atoms with Crippen LogP contribution in [0.4, 0.5) is 0 Å². The van der Waals surface area contributed by atoms with E-state index >= 15 is 0 Å². The molecule has 0 aliphatic heterocycles. The van der Waals surface area contributed by atoms with Gasteiger partial charge < -0.3 is 0 Å². The van der Waals surface area contributed by atoms with Gasteiger partial charge in [0.15, 0.2) is 0 Å². The molecule has 3 aromatic carbocycles. The van der Waals surface area contributed by atoms with Gasteiger partial charge in [0.1, 0.15) is 0 Å². The zero-order chi connectivity index (χ0) is 19.3. The van der Waals surface area contributed by atoms with Crippen LogP contribution in [0.3, 0.4) is 0 Å². The van der Waals surface area contributed by atoms with E-state index in [1.165, 1.54) is 6.07 Å². The van der Waals surface area contributed by atoms with Crippen LogP contribution in [0.25, 0.3) is 32.9 Å². The molecule has 0 amide bonds. The van der Waals surface area contributed by atoms with Crippen molar-refractivity contribution in [1.82, 2.24) is 0 Å². The summed E-state index contributed by atoms with van der Waals surface area (Å²) in [6.45, 7) is 0. The Morgan fingerprint density at radius 1 is 0.679 bits per heavy atom. The van der Waals surface area contributed by atoms with Gasteiger partial charge in [-0.05, 0) is 0 Å². The summed E-state index contributed by atoms with van der Waals surface area (Å²) in [6, 6.07) is 21.5. The van der Waals surface area contributed by atoms with Crippen LogP contribution in [0.5, 0.6) is 0 Å². The molecule has 0 radical (unpaired) electrons. The molecule has 0 spiro atoms. The summed E-state index contributed by atoms with van der Waals surface area (Å²) in [5, 5.41) is 1.91. The average molecular weight is 503 g/mol. The maximum absolute atomic E-state index is 12.9. The van der Waals surface area contributed by atoms with Crippen molar-refractivity contribution in [3.63, 3.8) is 0 Å². The summed E-state index contributed by atoms with van der Waals surface area (Å²) >= 11 is -2.31. The predicted molar refractivity (Wildman–Crippen MR) is 120 cm³/mol. The van der Waals surface area contributed by atoms with E-state index in [4.69, 9.17) is 17.7 Å². The van der Waals surface area contributed by atoms with Gasteiger partial charge in [0, 0.05) is 0 Å². The molecular formula is C22H12ClIO4. The van der Waals surface area contributed by atoms with Crippen molar-refractivity contribution < 1.29 is 8.83 Å². The van der Waals surface area contributed by atoms with Crippen molar-refractivity contribution in [2.45, 2.75) is 0 Å². The van der Waals surface area contributed by atoms with Crippen LogP contribution in [0.15, 0.2) is 91.2 Å². The first kappa shape index (κ1) is 17.5. The minimum absolute atomic E-state index is 0.0656. The second-order valence-corrected chi connectivity index (χ2v) is 12.0. The van der Waals surface area contributed by atoms with Gasteiger partial charge in [0.25, 0.3) is 0 Å². The molecule has 0 aliphatic carbocycles. The van der Waals surface area contributed by atoms with E-state index in [2.05, 4.69) is 0 Å². The molecule has 4 nitrogen and oxygen atoms in total. The van der Waals surface area contributed by atoms with E-state index in [9.17, 15) is 9.59 Å². The van der Waals surface area contributed by atoms with Gasteiger partial charge in [-0.3, -0.25) is 0 Å². The van der Waals surface area contributed by atoms with Crippen molar-refractivity contribution in [3.8, 4) is 0 Å². The van der Waals surface area contributed by atoms with Crippen LogP contribution in [0.1, 0.15) is 0 Å². The predicted octanol–water partition coefficient (Wildman–Crippen LogP) is 5.75. The molecule has 0 saturated heterocycles. The standard InChI is InChI=1S/C22H12ClIO4/c23-24(15-7-5-13-6-10-21(25)28-20(13)12-15)14-8-9-19-17(11-14)22(26)16-3-1-2-4-18(16)27-19/h1-12H. The molecule has 0 aliphatic rings. The summed E-state index contributed by atoms with van der Waals surface area (Å²) in [7, 11) is 6.85. The van der Waals surface area contributed by atoms with Gasteiger partial charge in [-0.15, -0.1) is 0 Å². The first-order chi connectivity index (χ1) is 13.6. The Balaban J connectivity index is 1.66. The van der Waals surface area contributed by atoms with Crippen LogP contribution in [0, 0.1) is 7.14 Å². The molecule has 0 atom stereocenters. The molecule has 0 bridgehead atoms. The third-order valence-electron chi connectivity index (χ3n) is 4.51. The Morgan fingerprint density at radius 2 is 1.39 bits per heavy atom. The number of fused-ring (bicyclic) bond motifs is 3. The van der Waals surface area contributed by atoms with Gasteiger partial charge in [-0.25, -0.2) is 0 Å². The van der Waals surface area contributed by atoms with Crippen molar-refractivity contribution in [1.29, 1.82) is 0 Å². The number of hydrogen-bond acceptors (Lipinski definition) is 4. The molecule has 0 unspecified atom stereocenters. The fraction of sp³-hybridized carbons (Fsp3) is 0. The topological polar surface area (TPSA) is 60.4 Å². The fourth-order valence-corrected chi connectivity index (χ4v) is 7.19. The molecule has 28 heavy (non-hydrogen) atoms. The molecule has 5 aromatic rings. The van der Waals surface area contributed by atoms with E-state index in [-0.39, 0.29) is 5.43 Å². The first-order valence-electron chi connectivity index (χ1n) is 8.46. The van der Waals surface area contributed by atoms with E-state index < -0.39 is 24.3 Å². The number of para-hydroxylation sites is 1. The second-order valence-electron chi connectivity index (χ2n) is 6.24. The molecule has 138 valence electrons. The Morgan fingerprint density at radius 3 is 2.29 bits per heavy atom. The summed E-state index contributed by atoms with van der Waals surface area (Å²) < 4.78 is 13.0. The van der Waals surface area contributed by atoms with Gasteiger partial charge in [0.2, 0.25) is 0 Å². The van der Waals surface area contributed by atoms with E-state index in [1.54, 1.807) is 24.3 Å². The first-order valence-corrected chi connectivity index (χ1v) is 13.3. The van der Waals surface area contributed by atoms with Crippen LogP contribution < -0.4 is 11.1 Å². The quantitative estimate of drug-likeness (QED) is 0.175. The van der Waals surface area contributed by atoms with Gasteiger partial charge in [-0.2, -0.15) is 0 Å². The van der Waals surface area contributed by atoms with E-state index in [0.717, 1.165) is 12.5 Å². The van der Waals surface area contributed by atoms with E-state index in [0.29, 0.717) is 27.5 Å². The van der Waals surface area contributed by atoms with Crippen LogP contribution >= 0.6 is 27.6 Å². The SMILES string of the molecule is O=c1ccc2ccc(I(Cl)c3ccc4oc5ccccc5c(=O)c4c3)cc2o1. The average Bonchev–Trinajstić information content (AvgIpc) is 2.72. The molecule has 0 N–H and O–H groups in total. The molecule has 6 heteroatoms. The van der Waals surface area contributed by atoms with Crippen LogP contribution in [-0.4, -0.2) is 0 Å². The van der Waals surface area contributed by atoms with Crippen molar-refractivity contribution in [3.05, 3.63) is 101 Å². The molecular weight excluding hydrogens is 491 g/mol. The van der Waals surface area contributed by atoms with Crippen molar-refractivity contribution in [2.75, 3.05) is 0 Å². The van der Waals surface area contributed by atoms with Crippen LogP contribution in [0.2, 0.25) is 0 Å². The number of halogens is 2. The van der Waals surface area contributed by atoms with Crippen molar-refractivity contribution >= 4 is 60.5 Å². The zero-order valence-electron chi connectivity index (χ0n) is 14.3. The molecule has 0 fully saturated rings. The number of benzene rings is 3. The molecule has 0 saturated carbocycles. The summed E-state index contributed by atoms with van der Waals surface area (Å²) in [5.41, 5.74) is 1.16. The summed E-state index contributed by atoms with van der Waals surface area (Å²) in [6.07, 6.45) is 0. The summed E-state index contributed by atoms with van der Waals surface area (Å²) in [4.78, 5) is 24.4.